The average Bonchev–Trinajstić information content (AvgIpc) is 3.11. The van der Waals surface area contributed by atoms with Gasteiger partial charge in [0.25, 0.3) is 5.91 Å². The molecule has 1 aromatic heterocycles. The summed E-state index contributed by atoms with van der Waals surface area (Å²) in [5.74, 6) is -0.0328. The minimum atomic E-state index is -0.0328. The van der Waals surface area contributed by atoms with Crippen molar-refractivity contribution >= 4 is 16.9 Å². The molecule has 1 saturated heterocycles. The number of fused-ring (bicyclic) bond motifs is 1. The van der Waals surface area contributed by atoms with E-state index < -0.39 is 0 Å². The zero-order valence-corrected chi connectivity index (χ0v) is 12.7. The monoisotopic (exact) mass is 303 g/mol. The van der Waals surface area contributed by atoms with Crippen LogP contribution in [0.15, 0.2) is 60.8 Å². The molecule has 2 heterocycles. The number of hydrogen-bond acceptors (Lipinski definition) is 3. The summed E-state index contributed by atoms with van der Waals surface area (Å²) >= 11 is 0. The van der Waals surface area contributed by atoms with E-state index in [9.17, 15) is 4.79 Å². The van der Waals surface area contributed by atoms with Gasteiger partial charge in [-0.2, -0.15) is 0 Å². The smallest absolute Gasteiger partial charge is 0.274 e. The van der Waals surface area contributed by atoms with Crippen LogP contribution in [0, 0.1) is 0 Å². The Morgan fingerprint density at radius 1 is 1.00 bits per heavy atom. The molecule has 4 nitrogen and oxygen atoms in total. The lowest BCUT2D eigenvalue weighted by Gasteiger charge is -2.24. The third-order valence-electron chi connectivity index (χ3n) is 4.37. The minimum Gasteiger partial charge on any atom is -0.330 e. The van der Waals surface area contributed by atoms with Gasteiger partial charge in [-0.1, -0.05) is 42.5 Å². The van der Waals surface area contributed by atoms with Crippen molar-refractivity contribution in [1.29, 1.82) is 0 Å². The van der Waals surface area contributed by atoms with Crippen molar-refractivity contribution in [3.05, 3.63) is 72.1 Å². The number of nitrogens with zero attached hydrogens (tertiary/aromatic N) is 3. The average molecular weight is 303 g/mol. The summed E-state index contributed by atoms with van der Waals surface area (Å²) in [6.07, 6.45) is 3.61. The maximum Gasteiger partial charge on any atom is 0.274 e. The van der Waals surface area contributed by atoms with E-state index in [4.69, 9.17) is 0 Å². The van der Waals surface area contributed by atoms with E-state index >= 15 is 0 Å². The van der Waals surface area contributed by atoms with Crippen molar-refractivity contribution in [1.82, 2.24) is 14.9 Å². The molecule has 2 aromatic carbocycles. The normalized spacial score (nSPS) is 17.6. The van der Waals surface area contributed by atoms with Crippen LogP contribution in [-0.4, -0.2) is 27.3 Å². The third-order valence-corrected chi connectivity index (χ3v) is 4.37. The molecule has 4 rings (SSSR count). The van der Waals surface area contributed by atoms with Gasteiger partial charge in [-0.05, 0) is 30.5 Å². The first-order chi connectivity index (χ1) is 11.3. The number of benzene rings is 2. The fraction of sp³-hybridized carbons (Fsp3) is 0.211. The van der Waals surface area contributed by atoms with Crippen molar-refractivity contribution in [2.24, 2.45) is 0 Å². The highest BCUT2D eigenvalue weighted by atomic mass is 16.2. The summed E-state index contributed by atoms with van der Waals surface area (Å²) in [6, 6.07) is 18.0. The number of aromatic nitrogens is 2. The first-order valence-electron chi connectivity index (χ1n) is 7.90. The molecule has 1 amide bonds. The van der Waals surface area contributed by atoms with E-state index in [1.165, 1.54) is 5.56 Å². The Bertz CT molecular complexity index is 847. The molecule has 0 aliphatic carbocycles. The van der Waals surface area contributed by atoms with Gasteiger partial charge in [0, 0.05) is 6.54 Å². The van der Waals surface area contributed by atoms with Gasteiger partial charge in [-0.3, -0.25) is 9.78 Å². The summed E-state index contributed by atoms with van der Waals surface area (Å²) < 4.78 is 0. The van der Waals surface area contributed by atoms with Gasteiger partial charge in [0.1, 0.15) is 5.69 Å². The molecule has 1 aliphatic rings. The summed E-state index contributed by atoms with van der Waals surface area (Å²) in [6.45, 7) is 0.771. The molecular weight excluding hydrogens is 286 g/mol. The van der Waals surface area contributed by atoms with Crippen LogP contribution in [0.3, 0.4) is 0 Å². The van der Waals surface area contributed by atoms with Crippen molar-refractivity contribution in [3.8, 4) is 0 Å². The Labute approximate surface area is 134 Å². The quantitative estimate of drug-likeness (QED) is 0.726. The number of likely N-dealkylation sites (tertiary alicyclic amines) is 1. The Balaban J connectivity index is 1.66. The predicted molar refractivity (Wildman–Crippen MR) is 89.0 cm³/mol. The standard InChI is InChI=1S/C19H17N3O/c23-19(17-13-20-15-9-4-5-10-16(15)21-17)22-12-6-11-18(22)14-7-2-1-3-8-14/h1-5,7-10,13,18H,6,11-12H2/t18-/m0/s1. The van der Waals surface area contributed by atoms with Crippen LogP contribution in [0.5, 0.6) is 0 Å². The lowest BCUT2D eigenvalue weighted by Crippen LogP contribution is -2.31. The Morgan fingerprint density at radius 2 is 1.74 bits per heavy atom. The number of amides is 1. The maximum absolute atomic E-state index is 12.9. The molecule has 0 bridgehead atoms. The van der Waals surface area contributed by atoms with Crippen LogP contribution in [0.2, 0.25) is 0 Å². The molecule has 0 unspecified atom stereocenters. The van der Waals surface area contributed by atoms with Gasteiger partial charge >= 0.3 is 0 Å². The molecule has 0 radical (unpaired) electrons. The minimum absolute atomic E-state index is 0.0328. The summed E-state index contributed by atoms with van der Waals surface area (Å²) in [7, 11) is 0. The fourth-order valence-corrected chi connectivity index (χ4v) is 3.24. The van der Waals surface area contributed by atoms with Crippen molar-refractivity contribution in [3.63, 3.8) is 0 Å². The molecule has 3 aromatic rings. The summed E-state index contributed by atoms with van der Waals surface area (Å²) in [5, 5.41) is 0. The van der Waals surface area contributed by atoms with E-state index in [-0.39, 0.29) is 11.9 Å². The molecule has 23 heavy (non-hydrogen) atoms. The van der Waals surface area contributed by atoms with Crippen LogP contribution in [0.1, 0.15) is 34.9 Å². The van der Waals surface area contributed by atoms with Crippen LogP contribution in [0.4, 0.5) is 0 Å². The topological polar surface area (TPSA) is 46.1 Å². The Morgan fingerprint density at radius 3 is 2.57 bits per heavy atom. The fourth-order valence-electron chi connectivity index (χ4n) is 3.24. The van der Waals surface area contributed by atoms with E-state index in [2.05, 4.69) is 22.1 Å². The number of hydrogen-bond donors (Lipinski definition) is 0. The van der Waals surface area contributed by atoms with Crippen LogP contribution in [-0.2, 0) is 0 Å². The highest BCUT2D eigenvalue weighted by Gasteiger charge is 2.31. The molecule has 1 atom stereocenters. The van der Waals surface area contributed by atoms with Gasteiger partial charge in [-0.15, -0.1) is 0 Å². The number of rotatable bonds is 2. The second-order valence-corrected chi connectivity index (χ2v) is 5.81. The highest BCUT2D eigenvalue weighted by molar-refractivity contribution is 5.94. The molecule has 114 valence electrons. The number of carbonyl (C=O) groups is 1. The zero-order chi connectivity index (χ0) is 15.6. The molecule has 1 fully saturated rings. The lowest BCUT2D eigenvalue weighted by atomic mass is 10.0. The van der Waals surface area contributed by atoms with Crippen LogP contribution < -0.4 is 0 Å². The summed E-state index contributed by atoms with van der Waals surface area (Å²) in [5.41, 5.74) is 3.18. The maximum atomic E-state index is 12.9. The molecule has 4 heteroatoms. The summed E-state index contributed by atoms with van der Waals surface area (Å²) in [4.78, 5) is 23.7. The Kier molecular flexibility index (Phi) is 3.50. The lowest BCUT2D eigenvalue weighted by molar-refractivity contribution is 0.0729. The van der Waals surface area contributed by atoms with Gasteiger partial charge in [-0.25, -0.2) is 4.98 Å². The van der Waals surface area contributed by atoms with Crippen molar-refractivity contribution in [2.45, 2.75) is 18.9 Å². The number of para-hydroxylation sites is 2. The van der Waals surface area contributed by atoms with Gasteiger partial charge in [0.2, 0.25) is 0 Å². The second-order valence-electron chi connectivity index (χ2n) is 5.81. The van der Waals surface area contributed by atoms with Crippen LogP contribution in [0.25, 0.3) is 11.0 Å². The molecule has 0 spiro atoms. The largest absolute Gasteiger partial charge is 0.330 e. The molecule has 0 N–H and O–H groups in total. The number of carbonyl (C=O) groups excluding carboxylic acids is 1. The zero-order valence-electron chi connectivity index (χ0n) is 12.7. The van der Waals surface area contributed by atoms with Gasteiger partial charge in [0.15, 0.2) is 0 Å². The first-order valence-corrected chi connectivity index (χ1v) is 7.90. The van der Waals surface area contributed by atoms with E-state index in [0.717, 1.165) is 30.4 Å². The predicted octanol–water partition coefficient (Wildman–Crippen LogP) is 3.61. The van der Waals surface area contributed by atoms with Gasteiger partial charge in [0.05, 0.1) is 23.3 Å². The Hall–Kier alpha value is -2.75. The van der Waals surface area contributed by atoms with Crippen molar-refractivity contribution in [2.75, 3.05) is 6.54 Å². The molecular formula is C19H17N3O. The third kappa shape index (κ3) is 2.57. The highest BCUT2D eigenvalue weighted by Crippen LogP contribution is 2.32. The van der Waals surface area contributed by atoms with E-state index in [1.807, 2.05) is 47.4 Å². The molecule has 1 aliphatic heterocycles. The van der Waals surface area contributed by atoms with Crippen molar-refractivity contribution < 1.29 is 4.79 Å². The first kappa shape index (κ1) is 13.9. The molecule has 0 saturated carbocycles. The van der Waals surface area contributed by atoms with E-state index in [0.29, 0.717) is 5.69 Å². The van der Waals surface area contributed by atoms with Gasteiger partial charge < -0.3 is 4.90 Å². The SMILES string of the molecule is O=C(c1cnc2ccccc2n1)N1CCC[C@H]1c1ccccc1. The van der Waals surface area contributed by atoms with Crippen LogP contribution >= 0.6 is 0 Å². The van der Waals surface area contributed by atoms with E-state index in [1.54, 1.807) is 6.20 Å². The second kappa shape index (κ2) is 5.80.